The molecule has 0 aliphatic carbocycles. The fourth-order valence-corrected chi connectivity index (χ4v) is 2.31. The van der Waals surface area contributed by atoms with Crippen molar-refractivity contribution >= 4 is 11.8 Å². The summed E-state index contributed by atoms with van der Waals surface area (Å²) in [5.74, 6) is -1.01. The highest BCUT2D eigenvalue weighted by molar-refractivity contribution is 6.35. The van der Waals surface area contributed by atoms with E-state index in [9.17, 15) is 9.59 Å². The van der Waals surface area contributed by atoms with E-state index < -0.39 is 11.8 Å². The number of likely N-dealkylation sites (N-methyl/N-ethyl adjacent to an activating group) is 1. The van der Waals surface area contributed by atoms with Gasteiger partial charge in [0, 0.05) is 19.4 Å². The molecule has 1 unspecified atom stereocenters. The van der Waals surface area contributed by atoms with E-state index in [1.807, 2.05) is 6.92 Å². The predicted molar refractivity (Wildman–Crippen MR) is 65.7 cm³/mol. The average molecular weight is 242 g/mol. The zero-order valence-electron chi connectivity index (χ0n) is 10.8. The van der Waals surface area contributed by atoms with Gasteiger partial charge < -0.3 is 15.5 Å². The Labute approximate surface area is 103 Å². The van der Waals surface area contributed by atoms with Crippen molar-refractivity contribution in [3.63, 3.8) is 0 Å². The second-order valence-electron chi connectivity index (χ2n) is 4.57. The van der Waals surface area contributed by atoms with Crippen LogP contribution in [0.5, 0.6) is 0 Å². The molecule has 2 amide bonds. The Morgan fingerprint density at radius 2 is 1.94 bits per heavy atom. The highest BCUT2D eigenvalue weighted by Crippen LogP contribution is 1.98. The van der Waals surface area contributed by atoms with Gasteiger partial charge in [0.25, 0.3) is 0 Å². The first-order valence-electron chi connectivity index (χ1n) is 6.59. The summed E-state index contributed by atoms with van der Waals surface area (Å²) in [4.78, 5) is 24.3. The molecule has 1 rings (SSSR count). The van der Waals surface area contributed by atoms with Crippen molar-refractivity contribution in [1.82, 2.24) is 10.6 Å². The third-order valence-electron chi connectivity index (χ3n) is 3.33. The summed E-state index contributed by atoms with van der Waals surface area (Å²) >= 11 is 0. The molecule has 0 aromatic heterocycles. The number of quaternary nitrogens is 1. The van der Waals surface area contributed by atoms with Gasteiger partial charge in [-0.1, -0.05) is 6.92 Å². The Morgan fingerprint density at radius 1 is 1.24 bits per heavy atom. The number of rotatable bonds is 5. The summed E-state index contributed by atoms with van der Waals surface area (Å²) in [5.41, 5.74) is 0. The second kappa shape index (κ2) is 7.27. The lowest BCUT2D eigenvalue weighted by Crippen LogP contribution is -3.14. The van der Waals surface area contributed by atoms with Crippen LogP contribution in [-0.2, 0) is 9.59 Å². The van der Waals surface area contributed by atoms with Gasteiger partial charge in [0.2, 0.25) is 0 Å². The Balaban J connectivity index is 2.25. The number of carbonyl (C=O) groups excluding carboxylic acids is 2. The Bertz CT molecular complexity index is 268. The maximum absolute atomic E-state index is 11.5. The molecule has 1 aliphatic rings. The molecule has 0 bridgehead atoms. The Morgan fingerprint density at radius 3 is 2.59 bits per heavy atom. The van der Waals surface area contributed by atoms with Gasteiger partial charge in [-0.3, -0.25) is 9.59 Å². The van der Waals surface area contributed by atoms with Crippen molar-refractivity contribution in [1.29, 1.82) is 0 Å². The van der Waals surface area contributed by atoms with Crippen LogP contribution >= 0.6 is 0 Å². The molecule has 3 N–H and O–H groups in total. The standard InChI is InChI=1S/C12H23N3O2/c1-3-7-13-11(16)12(17)14-9-10-6-5-8-15(10)4-2/h10H,3-9H2,1-2H3,(H,13,16)(H,14,17)/p+1/t10-/m0/s1. The van der Waals surface area contributed by atoms with Crippen molar-refractivity contribution in [3.8, 4) is 0 Å². The summed E-state index contributed by atoms with van der Waals surface area (Å²) in [6.45, 7) is 7.55. The van der Waals surface area contributed by atoms with Crippen molar-refractivity contribution in [3.05, 3.63) is 0 Å². The van der Waals surface area contributed by atoms with Gasteiger partial charge in [0.05, 0.1) is 19.6 Å². The Hall–Kier alpha value is -1.10. The summed E-state index contributed by atoms with van der Waals surface area (Å²) in [5, 5.41) is 5.30. The summed E-state index contributed by atoms with van der Waals surface area (Å²) < 4.78 is 0. The maximum atomic E-state index is 11.5. The minimum absolute atomic E-state index is 0.475. The molecule has 1 heterocycles. The lowest BCUT2D eigenvalue weighted by atomic mass is 10.2. The number of likely N-dealkylation sites (tertiary alicyclic amines) is 1. The molecular formula is C12H24N3O2+. The number of hydrogen-bond donors (Lipinski definition) is 3. The molecule has 1 fully saturated rings. The van der Waals surface area contributed by atoms with E-state index in [-0.39, 0.29) is 0 Å². The molecule has 1 saturated heterocycles. The highest BCUT2D eigenvalue weighted by Gasteiger charge is 2.27. The minimum Gasteiger partial charge on any atom is -0.348 e. The molecule has 2 atom stereocenters. The zero-order valence-corrected chi connectivity index (χ0v) is 10.8. The minimum atomic E-state index is -0.511. The van der Waals surface area contributed by atoms with E-state index >= 15 is 0 Å². The van der Waals surface area contributed by atoms with E-state index in [2.05, 4.69) is 17.6 Å². The largest absolute Gasteiger partial charge is 0.348 e. The van der Waals surface area contributed by atoms with Gasteiger partial charge in [-0.05, 0) is 13.3 Å². The van der Waals surface area contributed by atoms with Gasteiger partial charge in [0.1, 0.15) is 6.04 Å². The monoisotopic (exact) mass is 242 g/mol. The van der Waals surface area contributed by atoms with Crippen molar-refractivity contribution in [2.24, 2.45) is 0 Å². The SMILES string of the molecule is CCCNC(=O)C(=O)NC[C@@H]1CCC[NH+]1CC. The quantitative estimate of drug-likeness (QED) is 0.525. The normalized spacial score (nSPS) is 23.4. The third kappa shape index (κ3) is 4.34. The summed E-state index contributed by atoms with van der Waals surface area (Å²) in [7, 11) is 0. The van der Waals surface area contributed by atoms with Crippen LogP contribution < -0.4 is 15.5 Å². The summed E-state index contributed by atoms with van der Waals surface area (Å²) in [6.07, 6.45) is 3.20. The number of hydrogen-bond acceptors (Lipinski definition) is 2. The first-order chi connectivity index (χ1) is 8.19. The average Bonchev–Trinajstić information content (AvgIpc) is 2.80. The first kappa shape index (κ1) is 14.0. The van der Waals surface area contributed by atoms with E-state index in [0.29, 0.717) is 19.1 Å². The first-order valence-corrected chi connectivity index (χ1v) is 6.59. The molecule has 0 aromatic carbocycles. The van der Waals surface area contributed by atoms with Gasteiger partial charge in [0.15, 0.2) is 0 Å². The van der Waals surface area contributed by atoms with Crippen LogP contribution in [-0.4, -0.2) is 44.0 Å². The van der Waals surface area contributed by atoms with Crippen LogP contribution in [0.25, 0.3) is 0 Å². The van der Waals surface area contributed by atoms with Crippen molar-refractivity contribution in [2.45, 2.75) is 39.2 Å². The predicted octanol–water partition coefficient (Wildman–Crippen LogP) is -1.30. The lowest BCUT2D eigenvalue weighted by molar-refractivity contribution is -0.909. The molecule has 0 saturated carbocycles. The number of carbonyl (C=O) groups is 2. The molecule has 0 aromatic rings. The van der Waals surface area contributed by atoms with Gasteiger partial charge >= 0.3 is 11.8 Å². The second-order valence-corrected chi connectivity index (χ2v) is 4.57. The van der Waals surface area contributed by atoms with Crippen LogP contribution in [0.3, 0.4) is 0 Å². The number of amides is 2. The van der Waals surface area contributed by atoms with Crippen LogP contribution in [0.15, 0.2) is 0 Å². The van der Waals surface area contributed by atoms with E-state index in [1.165, 1.54) is 17.9 Å². The maximum Gasteiger partial charge on any atom is 0.309 e. The van der Waals surface area contributed by atoms with Gasteiger partial charge in [-0.2, -0.15) is 0 Å². The van der Waals surface area contributed by atoms with E-state index in [4.69, 9.17) is 0 Å². The molecule has 5 nitrogen and oxygen atoms in total. The van der Waals surface area contributed by atoms with Crippen LogP contribution in [0.2, 0.25) is 0 Å². The molecule has 0 spiro atoms. The molecule has 98 valence electrons. The third-order valence-corrected chi connectivity index (χ3v) is 3.33. The fourth-order valence-electron chi connectivity index (χ4n) is 2.31. The smallest absolute Gasteiger partial charge is 0.309 e. The molecule has 17 heavy (non-hydrogen) atoms. The van der Waals surface area contributed by atoms with Gasteiger partial charge in [-0.25, -0.2) is 0 Å². The lowest BCUT2D eigenvalue weighted by Gasteiger charge is -2.19. The highest BCUT2D eigenvalue weighted by atomic mass is 16.2. The molecular weight excluding hydrogens is 218 g/mol. The molecule has 5 heteroatoms. The van der Waals surface area contributed by atoms with E-state index in [1.54, 1.807) is 0 Å². The van der Waals surface area contributed by atoms with Crippen LogP contribution in [0.4, 0.5) is 0 Å². The van der Waals surface area contributed by atoms with Crippen molar-refractivity contribution < 1.29 is 14.5 Å². The molecule has 1 aliphatic heterocycles. The number of nitrogens with one attached hydrogen (secondary N) is 3. The zero-order chi connectivity index (χ0) is 12.7. The van der Waals surface area contributed by atoms with Crippen LogP contribution in [0, 0.1) is 0 Å². The summed E-state index contributed by atoms with van der Waals surface area (Å²) in [6, 6.07) is 0.475. The van der Waals surface area contributed by atoms with Crippen molar-refractivity contribution in [2.75, 3.05) is 26.2 Å². The molecule has 0 radical (unpaired) electrons. The fraction of sp³-hybridized carbons (Fsp3) is 0.833. The van der Waals surface area contributed by atoms with Gasteiger partial charge in [-0.15, -0.1) is 0 Å². The Kier molecular flexibility index (Phi) is 5.97. The van der Waals surface area contributed by atoms with E-state index in [0.717, 1.165) is 19.4 Å². The van der Waals surface area contributed by atoms with Crippen LogP contribution in [0.1, 0.15) is 33.1 Å². The topological polar surface area (TPSA) is 62.6 Å².